The van der Waals surface area contributed by atoms with Crippen molar-refractivity contribution in [3.8, 4) is 5.75 Å². The zero-order valence-electron chi connectivity index (χ0n) is 15.3. The van der Waals surface area contributed by atoms with Gasteiger partial charge >= 0.3 is 0 Å². The lowest BCUT2D eigenvalue weighted by Gasteiger charge is -2.22. The summed E-state index contributed by atoms with van der Waals surface area (Å²) in [6.07, 6.45) is 6.58. The quantitative estimate of drug-likeness (QED) is 0.694. The van der Waals surface area contributed by atoms with Gasteiger partial charge in [0.25, 0.3) is 0 Å². The van der Waals surface area contributed by atoms with Crippen LogP contribution in [0.15, 0.2) is 36.4 Å². The Kier molecular flexibility index (Phi) is 5.95. The van der Waals surface area contributed by atoms with Gasteiger partial charge in [-0.2, -0.15) is 0 Å². The Bertz CT molecular complexity index is 667. The largest absolute Gasteiger partial charge is 0.486 e. The Hall–Kier alpha value is -2.03. The molecule has 0 saturated heterocycles. The summed E-state index contributed by atoms with van der Waals surface area (Å²) in [6, 6.07) is 11.7. The third-order valence-corrected chi connectivity index (χ3v) is 5.05. The van der Waals surface area contributed by atoms with Gasteiger partial charge in [-0.05, 0) is 49.8 Å². The fraction of sp³-hybridized carbons (Fsp3) is 0.455. The molecule has 0 heterocycles. The van der Waals surface area contributed by atoms with Crippen LogP contribution in [0.1, 0.15) is 48.8 Å². The second-order valence-electron chi connectivity index (χ2n) is 7.26. The first kappa shape index (κ1) is 17.8. The number of hydrogen-bond donors (Lipinski definition) is 1. The number of hydrogen-bond acceptors (Lipinski definition) is 2. The summed E-state index contributed by atoms with van der Waals surface area (Å²) in [4.78, 5) is 0. The van der Waals surface area contributed by atoms with Gasteiger partial charge in [-0.15, -0.1) is 0 Å². The molecule has 0 aliphatic heterocycles. The maximum Gasteiger partial charge on any atom is 0.167 e. The maximum atomic E-state index is 14.5. The zero-order valence-corrected chi connectivity index (χ0v) is 15.3. The molecule has 134 valence electrons. The lowest BCUT2D eigenvalue weighted by atomic mass is 9.89. The summed E-state index contributed by atoms with van der Waals surface area (Å²) in [5.74, 6) is 0.775. The standard InChI is InChI=1S/C22H28FNO/c1-16-8-10-19(11-9-16)15-25-22-17(2)12-20(13-21(22)23)24-14-18-6-4-3-5-7-18/h8-13,18,24H,3-7,14-15H2,1-2H3. The van der Waals surface area contributed by atoms with Crippen LogP contribution < -0.4 is 10.1 Å². The molecule has 0 spiro atoms. The molecule has 1 aliphatic rings. The Morgan fingerprint density at radius 1 is 1.04 bits per heavy atom. The van der Waals surface area contributed by atoms with Gasteiger partial charge in [0.2, 0.25) is 0 Å². The smallest absolute Gasteiger partial charge is 0.167 e. The Morgan fingerprint density at radius 2 is 1.76 bits per heavy atom. The Labute approximate surface area is 150 Å². The molecule has 2 nitrogen and oxygen atoms in total. The van der Waals surface area contributed by atoms with E-state index < -0.39 is 0 Å². The van der Waals surface area contributed by atoms with Crippen molar-refractivity contribution in [3.63, 3.8) is 0 Å². The van der Waals surface area contributed by atoms with Crippen molar-refractivity contribution in [2.75, 3.05) is 11.9 Å². The molecule has 0 radical (unpaired) electrons. The van der Waals surface area contributed by atoms with Crippen LogP contribution in [0.25, 0.3) is 0 Å². The van der Waals surface area contributed by atoms with Gasteiger partial charge in [0, 0.05) is 18.3 Å². The van der Waals surface area contributed by atoms with Crippen molar-refractivity contribution in [2.45, 2.75) is 52.6 Å². The monoisotopic (exact) mass is 341 g/mol. The summed E-state index contributed by atoms with van der Waals surface area (Å²) in [5, 5.41) is 3.41. The minimum absolute atomic E-state index is 0.293. The number of benzene rings is 2. The summed E-state index contributed by atoms with van der Waals surface area (Å²) in [7, 11) is 0. The number of halogens is 1. The predicted octanol–water partition coefficient (Wildman–Crippen LogP) is 6.01. The maximum absolute atomic E-state index is 14.5. The molecule has 0 aromatic heterocycles. The van der Waals surface area contributed by atoms with E-state index >= 15 is 0 Å². The van der Waals surface area contributed by atoms with Gasteiger partial charge < -0.3 is 10.1 Å². The van der Waals surface area contributed by atoms with Gasteiger partial charge in [0.15, 0.2) is 11.6 Å². The van der Waals surface area contributed by atoms with Gasteiger partial charge in [0.05, 0.1) is 0 Å². The van der Waals surface area contributed by atoms with E-state index in [9.17, 15) is 4.39 Å². The highest BCUT2D eigenvalue weighted by Crippen LogP contribution is 2.29. The van der Waals surface area contributed by atoms with E-state index in [4.69, 9.17) is 4.74 Å². The molecule has 3 rings (SSSR count). The van der Waals surface area contributed by atoms with E-state index in [1.54, 1.807) is 6.07 Å². The second-order valence-corrected chi connectivity index (χ2v) is 7.26. The molecule has 1 saturated carbocycles. The van der Waals surface area contributed by atoms with Crippen LogP contribution in [0.4, 0.5) is 10.1 Å². The van der Waals surface area contributed by atoms with Crippen LogP contribution in [0.3, 0.4) is 0 Å². The van der Waals surface area contributed by atoms with Crippen LogP contribution in [-0.4, -0.2) is 6.54 Å². The van der Waals surface area contributed by atoms with E-state index in [2.05, 4.69) is 5.32 Å². The van der Waals surface area contributed by atoms with Crippen molar-refractivity contribution >= 4 is 5.69 Å². The van der Waals surface area contributed by atoms with E-state index in [0.29, 0.717) is 12.4 Å². The topological polar surface area (TPSA) is 21.3 Å². The normalized spacial score (nSPS) is 15.2. The first-order valence-corrected chi connectivity index (χ1v) is 9.34. The van der Waals surface area contributed by atoms with Crippen molar-refractivity contribution in [1.29, 1.82) is 0 Å². The van der Waals surface area contributed by atoms with Crippen LogP contribution in [0, 0.1) is 25.6 Å². The third-order valence-electron chi connectivity index (χ3n) is 5.05. The third kappa shape index (κ3) is 4.97. The van der Waals surface area contributed by atoms with E-state index in [1.165, 1.54) is 37.7 Å². The van der Waals surface area contributed by atoms with Crippen molar-refractivity contribution in [2.24, 2.45) is 5.92 Å². The molecule has 2 aromatic rings. The molecule has 25 heavy (non-hydrogen) atoms. The molecule has 0 bridgehead atoms. The Balaban J connectivity index is 1.60. The van der Waals surface area contributed by atoms with Crippen molar-refractivity contribution in [1.82, 2.24) is 0 Å². The van der Waals surface area contributed by atoms with Gasteiger partial charge in [-0.1, -0.05) is 49.1 Å². The number of anilines is 1. The molecule has 1 N–H and O–H groups in total. The fourth-order valence-corrected chi connectivity index (χ4v) is 3.51. The highest BCUT2D eigenvalue weighted by Gasteiger charge is 2.14. The number of aryl methyl sites for hydroxylation is 2. The van der Waals surface area contributed by atoms with Gasteiger partial charge in [-0.25, -0.2) is 4.39 Å². The molecule has 0 unspecified atom stereocenters. The highest BCUT2D eigenvalue weighted by molar-refractivity contribution is 5.51. The summed E-state index contributed by atoms with van der Waals surface area (Å²) >= 11 is 0. The summed E-state index contributed by atoms with van der Waals surface area (Å²) in [6.45, 7) is 5.27. The first-order valence-electron chi connectivity index (χ1n) is 9.34. The fourth-order valence-electron chi connectivity index (χ4n) is 3.51. The molecule has 1 fully saturated rings. The van der Waals surface area contributed by atoms with Crippen LogP contribution in [0.5, 0.6) is 5.75 Å². The zero-order chi connectivity index (χ0) is 17.6. The molecule has 2 aromatic carbocycles. The van der Waals surface area contributed by atoms with E-state index in [-0.39, 0.29) is 5.82 Å². The second kappa shape index (κ2) is 8.37. The Morgan fingerprint density at radius 3 is 2.44 bits per heavy atom. The number of rotatable bonds is 6. The van der Waals surface area contributed by atoms with Gasteiger partial charge in [-0.3, -0.25) is 0 Å². The van der Waals surface area contributed by atoms with Crippen molar-refractivity contribution < 1.29 is 9.13 Å². The van der Waals surface area contributed by atoms with E-state index in [1.807, 2.05) is 44.2 Å². The minimum Gasteiger partial charge on any atom is -0.486 e. The summed E-state index contributed by atoms with van der Waals surface area (Å²) < 4.78 is 20.2. The molecular formula is C22H28FNO. The average molecular weight is 341 g/mol. The van der Waals surface area contributed by atoms with Crippen LogP contribution in [0.2, 0.25) is 0 Å². The van der Waals surface area contributed by atoms with Gasteiger partial charge in [0.1, 0.15) is 6.61 Å². The number of nitrogens with one attached hydrogen (secondary N) is 1. The predicted molar refractivity (Wildman–Crippen MR) is 102 cm³/mol. The SMILES string of the molecule is Cc1ccc(COc2c(C)cc(NCC3CCCCC3)cc2F)cc1. The molecule has 1 aliphatic carbocycles. The van der Waals surface area contributed by atoms with Crippen LogP contribution in [-0.2, 0) is 6.61 Å². The lowest BCUT2D eigenvalue weighted by Crippen LogP contribution is -2.17. The summed E-state index contributed by atoms with van der Waals surface area (Å²) in [5.41, 5.74) is 3.94. The van der Waals surface area contributed by atoms with Crippen molar-refractivity contribution in [3.05, 3.63) is 58.9 Å². The minimum atomic E-state index is -0.293. The number of ether oxygens (including phenoxy) is 1. The van der Waals surface area contributed by atoms with Crippen LogP contribution >= 0.6 is 0 Å². The van der Waals surface area contributed by atoms with E-state index in [0.717, 1.165) is 29.3 Å². The first-order chi connectivity index (χ1) is 12.1. The molecule has 3 heteroatoms. The highest BCUT2D eigenvalue weighted by atomic mass is 19.1. The average Bonchev–Trinajstić information content (AvgIpc) is 2.62. The molecule has 0 amide bonds. The lowest BCUT2D eigenvalue weighted by molar-refractivity contribution is 0.288. The molecule has 0 atom stereocenters. The molecular weight excluding hydrogens is 313 g/mol.